The number of rotatable bonds is 1. The maximum atomic E-state index is 4.26. The normalized spacial score (nSPS) is 19.9. The molecule has 0 radical (unpaired) electrons. The first-order valence-corrected chi connectivity index (χ1v) is 5.70. The van der Waals surface area contributed by atoms with E-state index in [0.717, 1.165) is 6.54 Å². The van der Waals surface area contributed by atoms with Gasteiger partial charge < -0.3 is 0 Å². The minimum absolute atomic E-state index is 0.668. The Morgan fingerprint density at radius 3 is 3.00 bits per heavy atom. The van der Waals surface area contributed by atoms with E-state index in [-0.39, 0.29) is 0 Å². The molecule has 0 spiro atoms. The Kier molecular flexibility index (Phi) is 2.23. The molecule has 0 fully saturated rings. The molecule has 0 N–H and O–H groups in total. The maximum absolute atomic E-state index is 4.26. The van der Waals surface area contributed by atoms with E-state index in [1.165, 1.54) is 9.69 Å². The second-order valence-corrected chi connectivity index (χ2v) is 4.54. The summed E-state index contributed by atoms with van der Waals surface area (Å²) < 4.78 is 1.40. The van der Waals surface area contributed by atoms with Gasteiger partial charge in [0.05, 0.1) is 0 Å². The Bertz CT molecular complexity index is 91.7. The summed E-state index contributed by atoms with van der Waals surface area (Å²) in [4.78, 5) is 4.26. The first-order valence-electron chi connectivity index (χ1n) is 2.15. The molecule has 0 aromatic heterocycles. The van der Waals surface area contributed by atoms with Crippen LogP contribution in [0, 0.1) is 0 Å². The Labute approximate surface area is 54.1 Å². The summed E-state index contributed by atoms with van der Waals surface area (Å²) >= 11 is 2.59. The van der Waals surface area contributed by atoms with Crippen molar-refractivity contribution < 1.29 is 0 Å². The van der Waals surface area contributed by atoms with Crippen LogP contribution in [0.4, 0.5) is 0 Å². The zero-order chi connectivity index (χ0) is 5.11. The van der Waals surface area contributed by atoms with Gasteiger partial charge in [-0.3, -0.25) is 0 Å². The third kappa shape index (κ3) is 1.48. The van der Waals surface area contributed by atoms with Crippen molar-refractivity contribution in [2.45, 2.75) is 5.82 Å². The summed E-state index contributed by atoms with van der Waals surface area (Å²) in [5.74, 6) is 3.44. The zero-order valence-electron chi connectivity index (χ0n) is 4.18. The van der Waals surface area contributed by atoms with E-state index in [1.54, 1.807) is 0 Å². The fourth-order valence-corrected chi connectivity index (χ4v) is 2.83. The Balaban J connectivity index is 2.36. The van der Waals surface area contributed by atoms with Crippen molar-refractivity contribution in [1.82, 2.24) is 0 Å². The Morgan fingerprint density at radius 2 is 2.71 bits per heavy atom. The first kappa shape index (κ1) is 5.67. The van der Waals surface area contributed by atoms with Gasteiger partial charge >= 0.3 is 53.8 Å². The van der Waals surface area contributed by atoms with E-state index in [2.05, 4.69) is 10.8 Å². The van der Waals surface area contributed by atoms with E-state index in [9.17, 15) is 0 Å². The van der Waals surface area contributed by atoms with Crippen molar-refractivity contribution in [2.24, 2.45) is 4.99 Å². The summed E-state index contributed by atoms with van der Waals surface area (Å²) in [5, 5.41) is 0. The van der Waals surface area contributed by atoms with E-state index in [0.29, 0.717) is 15.0 Å². The van der Waals surface area contributed by atoms with Crippen LogP contribution in [0.1, 0.15) is 0 Å². The Hall–Kier alpha value is 0.539. The summed E-state index contributed by atoms with van der Waals surface area (Å²) in [6, 6.07) is 0. The molecule has 1 heterocycles. The van der Waals surface area contributed by atoms with Crippen molar-refractivity contribution >= 4 is 30.7 Å². The fraction of sp³-hybridized carbons (Fsp3) is 0.750. The number of hydrogen-bond donors (Lipinski definition) is 0. The first-order chi connectivity index (χ1) is 3.43. The standard InChI is InChI=1S/C4H7NSSe/c1-7-4-5-2-3-6-4/h2-3H2,1H3. The predicted octanol–water partition coefficient (Wildman–Crippen LogP) is 0.841. The topological polar surface area (TPSA) is 12.4 Å². The van der Waals surface area contributed by atoms with Crippen LogP contribution in [0.15, 0.2) is 4.99 Å². The van der Waals surface area contributed by atoms with Gasteiger partial charge in [0.1, 0.15) is 0 Å². The van der Waals surface area contributed by atoms with Gasteiger partial charge in [0.25, 0.3) is 0 Å². The average Bonchev–Trinajstić information content (AvgIpc) is 2.14. The quantitative estimate of drug-likeness (QED) is 0.545. The number of hydrogen-bond acceptors (Lipinski definition) is 2. The van der Waals surface area contributed by atoms with Gasteiger partial charge in [-0.25, -0.2) is 0 Å². The van der Waals surface area contributed by atoms with Gasteiger partial charge in [0.2, 0.25) is 0 Å². The van der Waals surface area contributed by atoms with Gasteiger partial charge in [0, 0.05) is 0 Å². The predicted molar refractivity (Wildman–Crippen MR) is 36.4 cm³/mol. The molecule has 1 rings (SSSR count). The molecule has 0 saturated heterocycles. The summed E-state index contributed by atoms with van der Waals surface area (Å²) in [6.07, 6.45) is 0. The monoisotopic (exact) mass is 181 g/mol. The van der Waals surface area contributed by atoms with Crippen molar-refractivity contribution in [3.63, 3.8) is 0 Å². The minimum atomic E-state index is 0.668. The average molecular weight is 180 g/mol. The molecular formula is C4H7NSSe. The molecule has 0 aromatic carbocycles. The molecule has 0 amide bonds. The number of aliphatic imine (C=N–C) groups is 1. The summed E-state index contributed by atoms with van der Waals surface area (Å²) in [6.45, 7) is 1.07. The molecule has 0 bridgehead atoms. The molecule has 7 heavy (non-hydrogen) atoms. The molecule has 40 valence electrons. The second kappa shape index (κ2) is 2.75. The molecule has 1 aliphatic heterocycles. The Morgan fingerprint density at radius 1 is 1.86 bits per heavy atom. The van der Waals surface area contributed by atoms with Crippen LogP contribution in [-0.4, -0.2) is 31.2 Å². The van der Waals surface area contributed by atoms with Gasteiger partial charge in [-0.2, -0.15) is 0 Å². The van der Waals surface area contributed by atoms with Crippen molar-refractivity contribution in [3.8, 4) is 0 Å². The molecule has 3 heteroatoms. The summed E-state index contributed by atoms with van der Waals surface area (Å²) in [5.41, 5.74) is 0. The van der Waals surface area contributed by atoms with Crippen LogP contribution in [0.3, 0.4) is 0 Å². The van der Waals surface area contributed by atoms with E-state index < -0.39 is 0 Å². The molecule has 1 aliphatic rings. The van der Waals surface area contributed by atoms with Gasteiger partial charge in [0.15, 0.2) is 0 Å². The molecule has 0 atom stereocenters. The van der Waals surface area contributed by atoms with Gasteiger partial charge in [-0.15, -0.1) is 0 Å². The van der Waals surface area contributed by atoms with E-state index in [4.69, 9.17) is 0 Å². The molecule has 0 aliphatic carbocycles. The fourth-order valence-electron chi connectivity index (χ4n) is 0.439. The van der Waals surface area contributed by atoms with Crippen LogP contribution in [0.25, 0.3) is 0 Å². The van der Waals surface area contributed by atoms with Crippen LogP contribution in [0.2, 0.25) is 5.82 Å². The van der Waals surface area contributed by atoms with E-state index >= 15 is 0 Å². The third-order valence-corrected chi connectivity index (χ3v) is 4.11. The zero-order valence-corrected chi connectivity index (χ0v) is 6.71. The second-order valence-electron chi connectivity index (χ2n) is 1.20. The van der Waals surface area contributed by atoms with Crippen LogP contribution < -0.4 is 0 Å². The van der Waals surface area contributed by atoms with Crippen LogP contribution in [0.5, 0.6) is 0 Å². The third-order valence-electron chi connectivity index (χ3n) is 0.732. The van der Waals surface area contributed by atoms with Crippen molar-refractivity contribution in [2.75, 3.05) is 12.3 Å². The number of nitrogens with zero attached hydrogens (tertiary/aromatic N) is 1. The SMILES string of the molecule is C[Se]C1=NCCS1. The van der Waals surface area contributed by atoms with Crippen molar-refractivity contribution in [1.29, 1.82) is 0 Å². The molecular weight excluding hydrogens is 173 g/mol. The van der Waals surface area contributed by atoms with Gasteiger partial charge in [-0.1, -0.05) is 0 Å². The van der Waals surface area contributed by atoms with Crippen LogP contribution in [-0.2, 0) is 0 Å². The van der Waals surface area contributed by atoms with Crippen molar-refractivity contribution in [3.05, 3.63) is 0 Å². The number of thioether (sulfide) groups is 1. The molecule has 0 saturated carbocycles. The summed E-state index contributed by atoms with van der Waals surface area (Å²) in [7, 11) is 0. The van der Waals surface area contributed by atoms with Crippen LogP contribution >= 0.6 is 11.8 Å². The molecule has 0 unspecified atom stereocenters. The molecule has 0 aromatic rings. The molecule has 1 nitrogen and oxygen atoms in total. The van der Waals surface area contributed by atoms with E-state index in [1.807, 2.05) is 11.8 Å². The van der Waals surface area contributed by atoms with Gasteiger partial charge in [-0.05, 0) is 0 Å².